The fraction of sp³-hybridized carbons (Fsp3) is 0.500. The maximum absolute atomic E-state index is 13.6. The second-order valence-corrected chi connectivity index (χ2v) is 4.24. The second-order valence-electron chi connectivity index (χ2n) is 4.24. The average Bonchev–Trinajstić information content (AvgIpc) is 2.39. The number of benzene rings is 1. The number of halogens is 1. The first-order valence-corrected chi connectivity index (χ1v) is 6.12. The van der Waals surface area contributed by atoms with Gasteiger partial charge in [0, 0.05) is 5.56 Å². The third kappa shape index (κ3) is 3.53. The van der Waals surface area contributed by atoms with Gasteiger partial charge in [0.05, 0.1) is 19.1 Å². The van der Waals surface area contributed by atoms with Gasteiger partial charge in [0.15, 0.2) is 0 Å². The normalized spacial score (nSPS) is 14.0. The Bertz CT molecular complexity index is 392. The fourth-order valence-electron chi connectivity index (χ4n) is 1.91. The van der Waals surface area contributed by atoms with E-state index in [0.29, 0.717) is 6.42 Å². The molecule has 1 N–H and O–H groups in total. The quantitative estimate of drug-likeness (QED) is 0.794. The maximum atomic E-state index is 13.6. The molecule has 100 valence electrons. The molecule has 2 atom stereocenters. The Hall–Kier alpha value is -1.42. The summed E-state index contributed by atoms with van der Waals surface area (Å²) < 4.78 is 18.2. The van der Waals surface area contributed by atoms with Crippen LogP contribution in [0.25, 0.3) is 0 Å². The van der Waals surface area contributed by atoms with Crippen molar-refractivity contribution in [2.75, 3.05) is 7.11 Å². The summed E-state index contributed by atoms with van der Waals surface area (Å²) in [4.78, 5) is 11.6. The van der Waals surface area contributed by atoms with E-state index in [1.807, 2.05) is 6.92 Å². The summed E-state index contributed by atoms with van der Waals surface area (Å²) in [6.07, 6.45) is 1.01. The molecule has 1 rings (SSSR count). The summed E-state index contributed by atoms with van der Waals surface area (Å²) >= 11 is 0. The minimum Gasteiger partial charge on any atom is -0.469 e. The number of esters is 1. The van der Waals surface area contributed by atoms with Crippen LogP contribution in [-0.2, 0) is 9.53 Å². The highest BCUT2D eigenvalue weighted by Gasteiger charge is 2.29. The van der Waals surface area contributed by atoms with E-state index in [0.717, 1.165) is 12.8 Å². The highest BCUT2D eigenvalue weighted by Crippen LogP contribution is 2.29. The summed E-state index contributed by atoms with van der Waals surface area (Å²) in [6, 6.07) is 5.94. The van der Waals surface area contributed by atoms with E-state index < -0.39 is 23.8 Å². The molecule has 0 aliphatic heterocycles. The number of aliphatic hydroxyl groups excluding tert-OH is 1. The smallest absolute Gasteiger partial charge is 0.311 e. The third-order valence-corrected chi connectivity index (χ3v) is 2.98. The number of carbonyl (C=O) groups excluding carboxylic acids is 1. The molecule has 1 aromatic rings. The van der Waals surface area contributed by atoms with Gasteiger partial charge in [-0.3, -0.25) is 4.79 Å². The Kier molecular flexibility index (Phi) is 5.78. The number of unbranched alkanes of at least 4 members (excludes halogenated alkanes) is 1. The molecule has 2 unspecified atom stereocenters. The first-order chi connectivity index (χ1) is 8.61. The first kappa shape index (κ1) is 14.6. The number of rotatable bonds is 6. The van der Waals surface area contributed by atoms with Crippen molar-refractivity contribution < 1.29 is 19.0 Å². The monoisotopic (exact) mass is 254 g/mol. The minimum absolute atomic E-state index is 0.143. The van der Waals surface area contributed by atoms with Gasteiger partial charge in [-0.15, -0.1) is 0 Å². The number of ether oxygens (including phenoxy) is 1. The Morgan fingerprint density at radius 2 is 2.11 bits per heavy atom. The first-order valence-electron chi connectivity index (χ1n) is 6.12. The summed E-state index contributed by atoms with van der Waals surface area (Å²) in [5, 5.41) is 10.1. The van der Waals surface area contributed by atoms with Crippen molar-refractivity contribution in [1.82, 2.24) is 0 Å². The van der Waals surface area contributed by atoms with Crippen LogP contribution >= 0.6 is 0 Å². The molecule has 0 spiro atoms. The summed E-state index contributed by atoms with van der Waals surface area (Å²) in [5.41, 5.74) is 0.143. The van der Waals surface area contributed by atoms with Gasteiger partial charge in [-0.25, -0.2) is 4.39 Å². The van der Waals surface area contributed by atoms with Crippen molar-refractivity contribution >= 4 is 5.97 Å². The summed E-state index contributed by atoms with van der Waals surface area (Å²) in [7, 11) is 1.27. The molecule has 0 radical (unpaired) electrons. The molecule has 0 saturated heterocycles. The van der Waals surface area contributed by atoms with Crippen molar-refractivity contribution in [3.63, 3.8) is 0 Å². The molecule has 0 amide bonds. The molecule has 0 fully saturated rings. The molecule has 0 aliphatic rings. The number of hydrogen-bond donors (Lipinski definition) is 1. The fourth-order valence-corrected chi connectivity index (χ4v) is 1.91. The van der Waals surface area contributed by atoms with Crippen LogP contribution in [0.4, 0.5) is 4.39 Å². The average molecular weight is 254 g/mol. The van der Waals surface area contributed by atoms with Gasteiger partial charge < -0.3 is 9.84 Å². The van der Waals surface area contributed by atoms with E-state index in [2.05, 4.69) is 4.74 Å². The van der Waals surface area contributed by atoms with Gasteiger partial charge in [0.2, 0.25) is 0 Å². The second kappa shape index (κ2) is 7.11. The number of aliphatic hydroxyl groups is 1. The van der Waals surface area contributed by atoms with Crippen LogP contribution in [0.15, 0.2) is 24.3 Å². The predicted molar refractivity (Wildman–Crippen MR) is 66.4 cm³/mol. The van der Waals surface area contributed by atoms with Crippen molar-refractivity contribution in [2.45, 2.75) is 32.3 Å². The zero-order valence-electron chi connectivity index (χ0n) is 10.7. The molecular weight excluding hydrogens is 235 g/mol. The molecule has 0 aromatic heterocycles. The molecule has 0 heterocycles. The molecule has 0 saturated carbocycles. The Balaban J connectivity index is 2.91. The maximum Gasteiger partial charge on any atom is 0.311 e. The lowest BCUT2D eigenvalue weighted by Gasteiger charge is -2.21. The van der Waals surface area contributed by atoms with Crippen molar-refractivity contribution in [2.24, 2.45) is 5.92 Å². The van der Waals surface area contributed by atoms with Crippen molar-refractivity contribution in [3.8, 4) is 0 Å². The van der Waals surface area contributed by atoms with E-state index >= 15 is 0 Å². The molecule has 18 heavy (non-hydrogen) atoms. The standard InChI is InChI=1S/C14H19FO3/c1-3-4-7-11(14(17)18-2)13(16)10-8-5-6-9-12(10)15/h5-6,8-9,11,13,16H,3-4,7H2,1-2H3. The third-order valence-electron chi connectivity index (χ3n) is 2.98. The minimum atomic E-state index is -1.16. The molecule has 0 bridgehead atoms. The Labute approximate surface area is 107 Å². The van der Waals surface area contributed by atoms with Gasteiger partial charge in [0.1, 0.15) is 5.82 Å². The lowest BCUT2D eigenvalue weighted by Crippen LogP contribution is -2.24. The van der Waals surface area contributed by atoms with Gasteiger partial charge in [0.25, 0.3) is 0 Å². The van der Waals surface area contributed by atoms with Crippen molar-refractivity contribution in [1.29, 1.82) is 0 Å². The molecule has 4 heteroatoms. The van der Waals surface area contributed by atoms with Gasteiger partial charge in [-0.05, 0) is 12.5 Å². The highest BCUT2D eigenvalue weighted by molar-refractivity contribution is 5.73. The lowest BCUT2D eigenvalue weighted by atomic mass is 9.91. The van der Waals surface area contributed by atoms with Crippen molar-refractivity contribution in [3.05, 3.63) is 35.6 Å². The zero-order valence-corrected chi connectivity index (χ0v) is 10.7. The van der Waals surface area contributed by atoms with Gasteiger partial charge in [-0.2, -0.15) is 0 Å². The Morgan fingerprint density at radius 3 is 2.67 bits per heavy atom. The zero-order chi connectivity index (χ0) is 13.5. The van der Waals surface area contributed by atoms with Crippen LogP contribution in [0.5, 0.6) is 0 Å². The number of methoxy groups -OCH3 is 1. The summed E-state index contributed by atoms with van der Waals surface area (Å²) in [6.45, 7) is 1.99. The SMILES string of the molecule is CCCCC(C(=O)OC)C(O)c1ccccc1F. The topological polar surface area (TPSA) is 46.5 Å². The van der Waals surface area contributed by atoms with Gasteiger partial charge in [-0.1, -0.05) is 38.0 Å². The lowest BCUT2D eigenvalue weighted by molar-refractivity contribution is -0.150. The predicted octanol–water partition coefficient (Wildman–Crippen LogP) is 2.84. The van der Waals surface area contributed by atoms with Crippen LogP contribution in [0.2, 0.25) is 0 Å². The van der Waals surface area contributed by atoms with Crippen LogP contribution in [-0.4, -0.2) is 18.2 Å². The van der Waals surface area contributed by atoms with Crippen LogP contribution in [0.3, 0.4) is 0 Å². The van der Waals surface area contributed by atoms with Gasteiger partial charge >= 0.3 is 5.97 Å². The summed E-state index contributed by atoms with van der Waals surface area (Å²) in [5.74, 6) is -1.72. The van der Waals surface area contributed by atoms with Crippen LogP contribution < -0.4 is 0 Å². The number of hydrogen-bond acceptors (Lipinski definition) is 3. The largest absolute Gasteiger partial charge is 0.469 e. The van der Waals surface area contributed by atoms with Crippen LogP contribution in [0.1, 0.15) is 37.9 Å². The molecular formula is C14H19FO3. The van der Waals surface area contributed by atoms with Crippen LogP contribution in [0, 0.1) is 11.7 Å². The number of carbonyl (C=O) groups is 1. The van der Waals surface area contributed by atoms with E-state index in [1.54, 1.807) is 12.1 Å². The van der Waals surface area contributed by atoms with E-state index in [9.17, 15) is 14.3 Å². The van der Waals surface area contributed by atoms with E-state index in [-0.39, 0.29) is 5.56 Å². The van der Waals surface area contributed by atoms with E-state index in [1.165, 1.54) is 19.2 Å². The molecule has 0 aliphatic carbocycles. The Morgan fingerprint density at radius 1 is 1.44 bits per heavy atom. The molecule has 3 nitrogen and oxygen atoms in total. The molecule has 1 aromatic carbocycles. The van der Waals surface area contributed by atoms with E-state index in [4.69, 9.17) is 0 Å². The highest BCUT2D eigenvalue weighted by atomic mass is 19.1.